The zero-order valence-corrected chi connectivity index (χ0v) is 18.0. The molecule has 0 fully saturated rings. The van der Waals surface area contributed by atoms with Crippen LogP contribution in [0.1, 0.15) is 30.7 Å². The Kier molecular flexibility index (Phi) is 5.24. The number of nitrogens with zero attached hydrogens (tertiary/aromatic N) is 2. The quantitative estimate of drug-likeness (QED) is 0.494. The summed E-state index contributed by atoms with van der Waals surface area (Å²) in [6.07, 6.45) is 2.96. The molecule has 8 heteroatoms. The van der Waals surface area contributed by atoms with Gasteiger partial charge in [-0.05, 0) is 61.9 Å². The molecule has 2 aromatic heterocycles. The van der Waals surface area contributed by atoms with Crippen LogP contribution >= 0.6 is 34.7 Å². The second kappa shape index (κ2) is 7.54. The van der Waals surface area contributed by atoms with Crippen molar-refractivity contribution in [3.8, 4) is 5.69 Å². The number of primary amides is 1. The van der Waals surface area contributed by atoms with Gasteiger partial charge >= 0.3 is 0 Å². The van der Waals surface area contributed by atoms with Crippen LogP contribution in [0.15, 0.2) is 34.2 Å². The zero-order valence-electron chi connectivity index (χ0n) is 15.6. The highest BCUT2D eigenvalue weighted by molar-refractivity contribution is 8.00. The lowest BCUT2D eigenvalue weighted by Crippen LogP contribution is -2.26. The van der Waals surface area contributed by atoms with E-state index in [1.165, 1.54) is 16.6 Å². The lowest BCUT2D eigenvalue weighted by Gasteiger charge is -2.18. The normalized spacial score (nSPS) is 17.5. The van der Waals surface area contributed by atoms with E-state index >= 15 is 0 Å². The van der Waals surface area contributed by atoms with Gasteiger partial charge in [-0.25, -0.2) is 4.98 Å². The second-order valence-electron chi connectivity index (χ2n) is 7.21. The van der Waals surface area contributed by atoms with E-state index in [0.29, 0.717) is 27.2 Å². The Morgan fingerprint density at radius 1 is 1.39 bits per heavy atom. The van der Waals surface area contributed by atoms with Gasteiger partial charge < -0.3 is 5.73 Å². The van der Waals surface area contributed by atoms with E-state index in [1.807, 2.05) is 0 Å². The van der Waals surface area contributed by atoms with Crippen LogP contribution < -0.4 is 11.3 Å². The molecule has 4 rings (SSSR count). The minimum Gasteiger partial charge on any atom is -0.369 e. The molecule has 0 bridgehead atoms. The van der Waals surface area contributed by atoms with Crippen LogP contribution in [0.3, 0.4) is 0 Å². The Labute approximate surface area is 175 Å². The summed E-state index contributed by atoms with van der Waals surface area (Å²) in [4.78, 5) is 32.0. The van der Waals surface area contributed by atoms with Gasteiger partial charge in [0.2, 0.25) is 5.91 Å². The maximum absolute atomic E-state index is 13.6. The summed E-state index contributed by atoms with van der Waals surface area (Å²) in [7, 11) is 0. The Bertz CT molecular complexity index is 1120. The average molecular weight is 434 g/mol. The van der Waals surface area contributed by atoms with Crippen LogP contribution in [0.2, 0.25) is 5.02 Å². The summed E-state index contributed by atoms with van der Waals surface area (Å²) in [5.74, 6) is 0.170. The number of halogens is 1. The van der Waals surface area contributed by atoms with Crippen molar-refractivity contribution in [3.63, 3.8) is 0 Å². The van der Waals surface area contributed by atoms with Gasteiger partial charge in [0.25, 0.3) is 5.56 Å². The molecule has 0 spiro atoms. The van der Waals surface area contributed by atoms with Crippen molar-refractivity contribution in [2.75, 3.05) is 0 Å². The molecule has 28 heavy (non-hydrogen) atoms. The van der Waals surface area contributed by atoms with Crippen LogP contribution in [0.5, 0.6) is 0 Å². The van der Waals surface area contributed by atoms with E-state index in [0.717, 1.165) is 29.7 Å². The van der Waals surface area contributed by atoms with Crippen molar-refractivity contribution in [3.05, 3.63) is 50.1 Å². The molecule has 2 atom stereocenters. The molecule has 0 radical (unpaired) electrons. The molecule has 0 unspecified atom stereocenters. The van der Waals surface area contributed by atoms with Crippen LogP contribution in [0, 0.1) is 5.92 Å². The van der Waals surface area contributed by atoms with Crippen LogP contribution in [-0.2, 0) is 17.6 Å². The lowest BCUT2D eigenvalue weighted by molar-refractivity contribution is -0.117. The number of benzene rings is 1. The molecule has 2 heterocycles. The minimum absolute atomic E-state index is 0.0986. The number of thioether (sulfide) groups is 1. The zero-order chi connectivity index (χ0) is 20.0. The molecule has 5 nitrogen and oxygen atoms in total. The molecule has 3 aromatic rings. The second-order valence-corrected chi connectivity index (χ2v) is 10.0. The van der Waals surface area contributed by atoms with Gasteiger partial charge in [0.05, 0.1) is 16.3 Å². The Morgan fingerprint density at radius 2 is 2.11 bits per heavy atom. The largest absolute Gasteiger partial charge is 0.369 e. The first-order chi connectivity index (χ1) is 13.3. The fraction of sp³-hybridized carbons (Fsp3) is 0.350. The molecule has 1 amide bonds. The number of carbonyl (C=O) groups is 1. The SMILES string of the molecule is C[C@@H]1CCc2c(sc3nc(S[C@H](C)C(N)=O)n(-c4ccc(Cl)cc4)c(=O)c23)C1. The maximum Gasteiger partial charge on any atom is 0.267 e. The van der Waals surface area contributed by atoms with Gasteiger partial charge in [-0.2, -0.15) is 0 Å². The van der Waals surface area contributed by atoms with Gasteiger partial charge in [0.1, 0.15) is 4.83 Å². The number of nitrogens with two attached hydrogens (primary N) is 1. The van der Waals surface area contributed by atoms with Crippen molar-refractivity contribution < 1.29 is 4.79 Å². The Hall–Kier alpha value is -1.83. The molecule has 1 aromatic carbocycles. The maximum atomic E-state index is 13.6. The van der Waals surface area contributed by atoms with Crippen molar-refractivity contribution in [2.45, 2.75) is 43.5 Å². The van der Waals surface area contributed by atoms with E-state index in [4.69, 9.17) is 22.3 Å². The third kappa shape index (κ3) is 3.47. The van der Waals surface area contributed by atoms with Crippen molar-refractivity contribution in [2.24, 2.45) is 11.7 Å². The summed E-state index contributed by atoms with van der Waals surface area (Å²) in [5.41, 5.74) is 7.16. The molecule has 0 aliphatic heterocycles. The van der Waals surface area contributed by atoms with Crippen LogP contribution in [0.25, 0.3) is 15.9 Å². The smallest absolute Gasteiger partial charge is 0.267 e. The highest BCUT2D eigenvalue weighted by Gasteiger charge is 2.26. The van der Waals surface area contributed by atoms with Gasteiger partial charge in [-0.3, -0.25) is 14.2 Å². The molecular weight excluding hydrogens is 414 g/mol. The summed E-state index contributed by atoms with van der Waals surface area (Å²) in [5, 5.41) is 1.26. The number of amides is 1. The van der Waals surface area contributed by atoms with Crippen molar-refractivity contribution in [1.82, 2.24) is 9.55 Å². The van der Waals surface area contributed by atoms with E-state index in [2.05, 4.69) is 6.92 Å². The molecule has 1 aliphatic rings. The third-order valence-electron chi connectivity index (χ3n) is 5.07. The molecule has 2 N–H and O–H groups in total. The van der Waals surface area contributed by atoms with Crippen LogP contribution in [0.4, 0.5) is 0 Å². The van der Waals surface area contributed by atoms with Crippen molar-refractivity contribution >= 4 is 50.8 Å². The Morgan fingerprint density at radius 3 is 2.79 bits per heavy atom. The summed E-state index contributed by atoms with van der Waals surface area (Å²) >= 11 is 8.83. The average Bonchev–Trinajstić information content (AvgIpc) is 3.00. The first-order valence-corrected chi connectivity index (χ1v) is 11.2. The minimum atomic E-state index is -0.502. The monoisotopic (exact) mass is 433 g/mol. The predicted octanol–water partition coefficient (Wildman–Crippen LogP) is 4.19. The number of rotatable bonds is 4. The van der Waals surface area contributed by atoms with E-state index < -0.39 is 11.2 Å². The van der Waals surface area contributed by atoms with Gasteiger partial charge in [0, 0.05) is 9.90 Å². The van der Waals surface area contributed by atoms with Gasteiger partial charge in [-0.15, -0.1) is 11.3 Å². The number of carbonyl (C=O) groups excluding carboxylic acids is 1. The highest BCUT2D eigenvalue weighted by Crippen LogP contribution is 2.37. The first-order valence-electron chi connectivity index (χ1n) is 9.14. The third-order valence-corrected chi connectivity index (χ3v) is 7.54. The fourth-order valence-corrected chi connectivity index (χ4v) is 5.91. The number of aromatic nitrogens is 2. The van der Waals surface area contributed by atoms with E-state index in [1.54, 1.807) is 47.1 Å². The standard InChI is InChI=1S/C20H20ClN3O2S2/c1-10-3-8-14-15(9-10)28-18-16(14)19(26)24(13-6-4-12(21)5-7-13)20(23-18)27-11(2)17(22)25/h4-7,10-11H,3,8-9H2,1-2H3,(H2,22,25)/t10-,11-/m1/s1. The van der Waals surface area contributed by atoms with Crippen LogP contribution in [-0.4, -0.2) is 20.7 Å². The summed E-state index contributed by atoms with van der Waals surface area (Å²) < 4.78 is 1.58. The summed E-state index contributed by atoms with van der Waals surface area (Å²) in [6, 6.07) is 7.06. The highest BCUT2D eigenvalue weighted by atomic mass is 35.5. The number of aryl methyl sites for hydroxylation is 1. The number of fused-ring (bicyclic) bond motifs is 3. The molecular formula is C20H20ClN3O2S2. The molecule has 0 saturated carbocycles. The van der Waals surface area contributed by atoms with E-state index in [-0.39, 0.29) is 5.56 Å². The molecule has 0 saturated heterocycles. The summed E-state index contributed by atoms with van der Waals surface area (Å²) in [6.45, 7) is 3.96. The first kappa shape index (κ1) is 19.5. The lowest BCUT2D eigenvalue weighted by atomic mass is 9.89. The number of hydrogen-bond donors (Lipinski definition) is 1. The van der Waals surface area contributed by atoms with E-state index in [9.17, 15) is 9.59 Å². The fourth-order valence-electron chi connectivity index (χ4n) is 3.48. The number of thiophene rings is 1. The predicted molar refractivity (Wildman–Crippen MR) is 116 cm³/mol. The Balaban J connectivity index is 1.97. The molecule has 146 valence electrons. The number of hydrogen-bond acceptors (Lipinski definition) is 5. The molecule has 1 aliphatic carbocycles. The van der Waals surface area contributed by atoms with Gasteiger partial charge in [-0.1, -0.05) is 30.3 Å². The van der Waals surface area contributed by atoms with Gasteiger partial charge in [0.15, 0.2) is 5.16 Å². The topological polar surface area (TPSA) is 78.0 Å². The van der Waals surface area contributed by atoms with Crippen molar-refractivity contribution in [1.29, 1.82) is 0 Å².